The summed E-state index contributed by atoms with van der Waals surface area (Å²) in [7, 11) is 1.33. The molecular weight excluding hydrogens is 387 g/mol. The van der Waals surface area contributed by atoms with Crippen LogP contribution >= 0.6 is 0 Å². The molecule has 1 unspecified atom stereocenters. The van der Waals surface area contributed by atoms with Gasteiger partial charge in [-0.1, -0.05) is 30.3 Å². The Hall–Kier alpha value is -3.33. The number of aromatic nitrogens is 2. The molecule has 0 saturated heterocycles. The first-order valence-electron chi connectivity index (χ1n) is 8.59. The van der Waals surface area contributed by atoms with E-state index in [9.17, 15) is 18.3 Å². The molecule has 6 nitrogen and oxygen atoms in total. The van der Waals surface area contributed by atoms with Crippen LogP contribution in [0.25, 0.3) is 11.3 Å². The van der Waals surface area contributed by atoms with Crippen molar-refractivity contribution in [2.75, 3.05) is 12.4 Å². The summed E-state index contributed by atoms with van der Waals surface area (Å²) in [5.74, 6) is 0.112. The summed E-state index contributed by atoms with van der Waals surface area (Å²) in [6, 6.07) is 14.7. The number of rotatable bonds is 7. The Bertz CT molecular complexity index is 952. The minimum Gasteiger partial charge on any atom is -0.496 e. The van der Waals surface area contributed by atoms with E-state index in [4.69, 9.17) is 4.74 Å². The average molecular weight is 405 g/mol. The highest BCUT2D eigenvalue weighted by Gasteiger charge is 2.31. The molecule has 2 N–H and O–H groups in total. The number of methoxy groups -OCH3 is 1. The molecule has 0 saturated carbocycles. The fourth-order valence-electron chi connectivity index (χ4n) is 2.72. The van der Waals surface area contributed by atoms with Gasteiger partial charge >= 0.3 is 6.36 Å². The van der Waals surface area contributed by atoms with Crippen molar-refractivity contribution in [3.8, 4) is 22.8 Å². The molecule has 1 aromatic heterocycles. The fraction of sp³-hybridized carbons (Fsp3) is 0.200. The second kappa shape index (κ2) is 8.78. The predicted molar refractivity (Wildman–Crippen MR) is 100 cm³/mol. The van der Waals surface area contributed by atoms with Crippen LogP contribution in [0.15, 0.2) is 60.9 Å². The second-order valence-corrected chi connectivity index (χ2v) is 6.05. The molecule has 1 atom stereocenters. The van der Waals surface area contributed by atoms with E-state index >= 15 is 0 Å². The van der Waals surface area contributed by atoms with Gasteiger partial charge in [-0.15, -0.1) is 13.2 Å². The summed E-state index contributed by atoms with van der Waals surface area (Å²) in [5.41, 5.74) is 1.80. The SMILES string of the molecule is COc1cc(OC(F)(F)F)ccc1-c1cc(NC(O)Cc2ccccc2)ncn1. The average Bonchev–Trinajstić information content (AvgIpc) is 2.67. The molecule has 0 bridgehead atoms. The van der Waals surface area contributed by atoms with Crippen molar-refractivity contribution in [3.05, 3.63) is 66.5 Å². The molecule has 0 spiro atoms. The van der Waals surface area contributed by atoms with Crippen LogP contribution in [0.2, 0.25) is 0 Å². The molecule has 152 valence electrons. The van der Waals surface area contributed by atoms with Gasteiger partial charge in [-0.05, 0) is 17.7 Å². The Kier molecular flexibility index (Phi) is 6.18. The van der Waals surface area contributed by atoms with Crippen LogP contribution < -0.4 is 14.8 Å². The van der Waals surface area contributed by atoms with E-state index in [2.05, 4.69) is 20.0 Å². The molecule has 0 radical (unpaired) electrons. The zero-order valence-corrected chi connectivity index (χ0v) is 15.3. The summed E-state index contributed by atoms with van der Waals surface area (Å²) < 4.78 is 46.3. The second-order valence-electron chi connectivity index (χ2n) is 6.05. The molecule has 0 aliphatic rings. The standard InChI is InChI=1S/C20H18F3N3O3/c1-28-17-10-14(29-20(21,22)23)7-8-15(17)16-11-18(25-12-24-16)26-19(27)9-13-5-3-2-4-6-13/h2-8,10-12,19,27H,9H2,1H3,(H,24,25,26). The molecule has 3 rings (SSSR count). The molecule has 9 heteroatoms. The number of aliphatic hydroxyl groups is 1. The van der Waals surface area contributed by atoms with Crippen molar-refractivity contribution in [2.24, 2.45) is 0 Å². The Morgan fingerprint density at radius 2 is 1.83 bits per heavy atom. The van der Waals surface area contributed by atoms with Crippen molar-refractivity contribution in [3.63, 3.8) is 0 Å². The number of hydrogen-bond acceptors (Lipinski definition) is 6. The van der Waals surface area contributed by atoms with Crippen molar-refractivity contribution < 1.29 is 27.8 Å². The van der Waals surface area contributed by atoms with E-state index in [-0.39, 0.29) is 5.75 Å². The zero-order valence-electron chi connectivity index (χ0n) is 15.3. The number of benzene rings is 2. The quantitative estimate of drug-likeness (QED) is 0.578. The monoisotopic (exact) mass is 405 g/mol. The topological polar surface area (TPSA) is 76.5 Å². The normalized spacial score (nSPS) is 12.3. The zero-order chi connectivity index (χ0) is 20.9. The van der Waals surface area contributed by atoms with E-state index in [1.165, 1.54) is 25.6 Å². The molecule has 2 aromatic carbocycles. The Morgan fingerprint density at radius 3 is 2.52 bits per heavy atom. The van der Waals surface area contributed by atoms with Gasteiger partial charge in [-0.3, -0.25) is 0 Å². The first-order chi connectivity index (χ1) is 13.8. The number of nitrogens with one attached hydrogen (secondary N) is 1. The number of nitrogens with zero attached hydrogens (tertiary/aromatic N) is 2. The van der Waals surface area contributed by atoms with Crippen LogP contribution in [-0.2, 0) is 6.42 Å². The minimum atomic E-state index is -4.80. The summed E-state index contributed by atoms with van der Waals surface area (Å²) in [5, 5.41) is 13.1. The lowest BCUT2D eigenvalue weighted by atomic mass is 10.1. The molecule has 0 amide bonds. The minimum absolute atomic E-state index is 0.154. The van der Waals surface area contributed by atoms with Gasteiger partial charge in [0.15, 0.2) is 0 Å². The molecule has 1 heterocycles. The molecule has 29 heavy (non-hydrogen) atoms. The number of hydrogen-bond donors (Lipinski definition) is 2. The third-order valence-electron chi connectivity index (χ3n) is 3.94. The Morgan fingerprint density at radius 1 is 1.07 bits per heavy atom. The van der Waals surface area contributed by atoms with Gasteiger partial charge in [0.2, 0.25) is 0 Å². The lowest BCUT2D eigenvalue weighted by Gasteiger charge is -2.15. The number of anilines is 1. The summed E-state index contributed by atoms with van der Waals surface area (Å²) in [6.07, 6.45) is -4.03. The molecule has 3 aromatic rings. The summed E-state index contributed by atoms with van der Waals surface area (Å²) >= 11 is 0. The van der Waals surface area contributed by atoms with Gasteiger partial charge in [0.1, 0.15) is 29.9 Å². The fourth-order valence-corrected chi connectivity index (χ4v) is 2.72. The van der Waals surface area contributed by atoms with Gasteiger partial charge in [-0.25, -0.2) is 9.97 Å². The van der Waals surface area contributed by atoms with Crippen molar-refractivity contribution in [1.82, 2.24) is 9.97 Å². The van der Waals surface area contributed by atoms with Crippen LogP contribution in [0.3, 0.4) is 0 Å². The number of ether oxygens (including phenoxy) is 2. The first-order valence-corrected chi connectivity index (χ1v) is 8.59. The maximum atomic E-state index is 12.4. The number of halogens is 3. The lowest BCUT2D eigenvalue weighted by molar-refractivity contribution is -0.274. The lowest BCUT2D eigenvalue weighted by Crippen LogP contribution is -2.22. The summed E-state index contributed by atoms with van der Waals surface area (Å²) in [4.78, 5) is 8.21. The van der Waals surface area contributed by atoms with E-state index < -0.39 is 18.3 Å². The molecular formula is C20H18F3N3O3. The van der Waals surface area contributed by atoms with Crippen LogP contribution in [0, 0.1) is 0 Å². The Labute approximate surface area is 165 Å². The molecule has 0 aliphatic heterocycles. The highest BCUT2D eigenvalue weighted by molar-refractivity contribution is 5.70. The molecule has 0 aliphatic carbocycles. The van der Waals surface area contributed by atoms with E-state index in [1.54, 1.807) is 6.07 Å². The highest BCUT2D eigenvalue weighted by atomic mass is 19.4. The third kappa shape index (κ3) is 5.82. The first kappa shape index (κ1) is 20.4. The van der Waals surface area contributed by atoms with Crippen LogP contribution in [0.4, 0.5) is 19.0 Å². The largest absolute Gasteiger partial charge is 0.573 e. The molecule has 0 fully saturated rings. The predicted octanol–water partition coefficient (Wildman–Crippen LogP) is 4.02. The smallest absolute Gasteiger partial charge is 0.496 e. The van der Waals surface area contributed by atoms with E-state index in [1.807, 2.05) is 30.3 Å². The van der Waals surface area contributed by atoms with Gasteiger partial charge < -0.3 is 19.9 Å². The van der Waals surface area contributed by atoms with Gasteiger partial charge in [0.25, 0.3) is 0 Å². The number of alkyl halides is 3. The van der Waals surface area contributed by atoms with Crippen molar-refractivity contribution in [2.45, 2.75) is 19.0 Å². The van der Waals surface area contributed by atoms with Crippen molar-refractivity contribution >= 4 is 5.82 Å². The van der Waals surface area contributed by atoms with Gasteiger partial charge in [0.05, 0.1) is 12.8 Å². The maximum absolute atomic E-state index is 12.4. The van der Waals surface area contributed by atoms with Crippen LogP contribution in [-0.4, -0.2) is 34.8 Å². The van der Waals surface area contributed by atoms with E-state index in [0.717, 1.165) is 11.6 Å². The number of aliphatic hydroxyl groups excluding tert-OH is 1. The highest BCUT2D eigenvalue weighted by Crippen LogP contribution is 2.34. The third-order valence-corrected chi connectivity index (χ3v) is 3.94. The van der Waals surface area contributed by atoms with Crippen LogP contribution in [0.1, 0.15) is 5.56 Å². The maximum Gasteiger partial charge on any atom is 0.573 e. The van der Waals surface area contributed by atoms with Gasteiger partial charge in [0, 0.05) is 24.1 Å². The van der Waals surface area contributed by atoms with Crippen molar-refractivity contribution in [1.29, 1.82) is 0 Å². The van der Waals surface area contributed by atoms with E-state index in [0.29, 0.717) is 23.5 Å². The van der Waals surface area contributed by atoms with Crippen LogP contribution in [0.5, 0.6) is 11.5 Å². The summed E-state index contributed by atoms with van der Waals surface area (Å²) in [6.45, 7) is 0. The van der Waals surface area contributed by atoms with Gasteiger partial charge in [-0.2, -0.15) is 0 Å². The Balaban J connectivity index is 1.78.